The molecule has 0 aliphatic rings. The van der Waals surface area contributed by atoms with Crippen molar-refractivity contribution in [2.75, 3.05) is 5.75 Å². The molecule has 0 fully saturated rings. The first-order chi connectivity index (χ1) is 12.0. The van der Waals surface area contributed by atoms with E-state index in [0.29, 0.717) is 5.25 Å². The summed E-state index contributed by atoms with van der Waals surface area (Å²) < 4.78 is 2.14. The number of nitrogens with zero attached hydrogens (tertiary/aromatic N) is 2. The predicted octanol–water partition coefficient (Wildman–Crippen LogP) is 6.70. The lowest BCUT2D eigenvalue weighted by molar-refractivity contribution is 0.684. The maximum Gasteiger partial charge on any atom is 0.0946 e. The van der Waals surface area contributed by atoms with E-state index in [4.69, 9.17) is 11.6 Å². The van der Waals surface area contributed by atoms with Gasteiger partial charge in [0.05, 0.1) is 6.33 Å². The lowest BCUT2D eigenvalue weighted by Gasteiger charge is -2.17. The van der Waals surface area contributed by atoms with Crippen LogP contribution in [-0.4, -0.2) is 15.3 Å². The van der Waals surface area contributed by atoms with Crippen LogP contribution in [0.1, 0.15) is 44.4 Å². The van der Waals surface area contributed by atoms with E-state index >= 15 is 0 Å². The third-order valence-electron chi connectivity index (χ3n) is 4.00. The first-order valence-electron chi connectivity index (χ1n) is 8.66. The molecule has 0 amide bonds. The molecule has 0 unspecified atom stereocenters. The molecule has 4 heteroatoms. The molecule has 0 aliphatic carbocycles. The van der Waals surface area contributed by atoms with Gasteiger partial charge in [0, 0.05) is 35.0 Å². The van der Waals surface area contributed by atoms with Crippen molar-refractivity contribution in [2.24, 2.45) is 0 Å². The van der Waals surface area contributed by atoms with E-state index in [2.05, 4.69) is 54.6 Å². The van der Waals surface area contributed by atoms with Gasteiger partial charge in [-0.25, -0.2) is 4.98 Å². The molecule has 0 saturated carbocycles. The molecule has 0 bridgehead atoms. The molecular weight excluding hydrogens is 348 g/mol. The second-order valence-electron chi connectivity index (χ2n) is 6.50. The van der Waals surface area contributed by atoms with Crippen LogP contribution in [0, 0.1) is 0 Å². The van der Waals surface area contributed by atoms with Crippen LogP contribution in [0.2, 0.25) is 5.02 Å². The van der Waals surface area contributed by atoms with E-state index in [1.54, 1.807) is 0 Å². The highest BCUT2D eigenvalue weighted by atomic mass is 35.5. The van der Waals surface area contributed by atoms with Crippen molar-refractivity contribution in [1.82, 2.24) is 9.55 Å². The zero-order valence-corrected chi connectivity index (χ0v) is 16.9. The van der Waals surface area contributed by atoms with Gasteiger partial charge in [-0.15, -0.1) is 11.8 Å². The van der Waals surface area contributed by atoms with Gasteiger partial charge < -0.3 is 4.57 Å². The quantitative estimate of drug-likeness (QED) is 0.454. The van der Waals surface area contributed by atoms with Crippen LogP contribution in [0.4, 0.5) is 0 Å². The molecule has 2 aromatic rings. The number of allylic oxidation sites excluding steroid dienone is 3. The predicted molar refractivity (Wildman–Crippen MR) is 111 cm³/mol. The van der Waals surface area contributed by atoms with Crippen LogP contribution in [0.25, 0.3) is 0 Å². The SMILES string of the molecule is CC(C)=CCC/C(C)=C\CS[C@@H](Cn1ccnc1)c1ccc(Cl)cc1. The van der Waals surface area contributed by atoms with E-state index in [-0.39, 0.29) is 0 Å². The molecule has 0 saturated heterocycles. The fraction of sp³-hybridized carbons (Fsp3) is 0.381. The number of aromatic nitrogens is 2. The number of imidazole rings is 1. The Bertz CT molecular complexity index is 683. The van der Waals surface area contributed by atoms with Gasteiger partial charge in [-0.2, -0.15) is 0 Å². The van der Waals surface area contributed by atoms with Crippen LogP contribution in [0.5, 0.6) is 0 Å². The number of hydrogen-bond acceptors (Lipinski definition) is 2. The highest BCUT2D eigenvalue weighted by Gasteiger charge is 2.12. The van der Waals surface area contributed by atoms with Crippen LogP contribution >= 0.6 is 23.4 Å². The molecule has 134 valence electrons. The molecular formula is C21H27ClN2S. The van der Waals surface area contributed by atoms with E-state index in [9.17, 15) is 0 Å². The van der Waals surface area contributed by atoms with Crippen molar-refractivity contribution >= 4 is 23.4 Å². The van der Waals surface area contributed by atoms with Crippen molar-refractivity contribution < 1.29 is 0 Å². The number of hydrogen-bond donors (Lipinski definition) is 0. The van der Waals surface area contributed by atoms with E-state index in [0.717, 1.165) is 30.2 Å². The summed E-state index contributed by atoms with van der Waals surface area (Å²) in [5.41, 5.74) is 4.16. The van der Waals surface area contributed by atoms with Gasteiger partial charge in [0.1, 0.15) is 0 Å². The summed E-state index contributed by atoms with van der Waals surface area (Å²) in [5, 5.41) is 1.17. The Morgan fingerprint density at radius 3 is 2.60 bits per heavy atom. The second-order valence-corrected chi connectivity index (χ2v) is 8.18. The van der Waals surface area contributed by atoms with E-state index < -0.39 is 0 Å². The Labute approximate surface area is 161 Å². The summed E-state index contributed by atoms with van der Waals surface area (Å²) in [4.78, 5) is 4.15. The Morgan fingerprint density at radius 1 is 1.20 bits per heavy atom. The van der Waals surface area contributed by atoms with Crippen LogP contribution in [-0.2, 0) is 6.54 Å². The highest BCUT2D eigenvalue weighted by molar-refractivity contribution is 7.99. The minimum atomic E-state index is 0.383. The zero-order chi connectivity index (χ0) is 18.1. The lowest BCUT2D eigenvalue weighted by atomic mass is 10.1. The molecule has 0 aliphatic heterocycles. The Kier molecular flexibility index (Phi) is 8.36. The third kappa shape index (κ3) is 7.54. The van der Waals surface area contributed by atoms with Gasteiger partial charge in [0.25, 0.3) is 0 Å². The van der Waals surface area contributed by atoms with Crippen molar-refractivity contribution in [3.63, 3.8) is 0 Å². The summed E-state index contributed by atoms with van der Waals surface area (Å²) in [6.45, 7) is 7.45. The summed E-state index contributed by atoms with van der Waals surface area (Å²) >= 11 is 8.00. The van der Waals surface area contributed by atoms with E-state index in [1.165, 1.54) is 16.7 Å². The molecule has 0 radical (unpaired) electrons. The second kappa shape index (κ2) is 10.5. The van der Waals surface area contributed by atoms with Crippen molar-refractivity contribution in [2.45, 2.75) is 45.4 Å². The molecule has 1 heterocycles. The molecule has 1 aromatic heterocycles. The standard InChI is InChI=1S/C21H27ClN2S/c1-17(2)5-4-6-18(3)11-14-25-21(15-24-13-12-23-16-24)19-7-9-20(22)10-8-19/h5,7-13,16,21H,4,6,14-15H2,1-3H3/b18-11-/t21-/m0/s1. The van der Waals surface area contributed by atoms with Gasteiger partial charge in [-0.05, 0) is 51.3 Å². The monoisotopic (exact) mass is 374 g/mol. The number of halogens is 1. The maximum absolute atomic E-state index is 6.04. The normalized spacial score (nSPS) is 12.9. The molecule has 0 N–H and O–H groups in total. The minimum absolute atomic E-state index is 0.383. The van der Waals surface area contributed by atoms with Gasteiger partial charge in [0.15, 0.2) is 0 Å². The lowest BCUT2D eigenvalue weighted by Crippen LogP contribution is -2.05. The summed E-state index contributed by atoms with van der Waals surface area (Å²) in [5.74, 6) is 1.02. The molecule has 1 atom stereocenters. The molecule has 1 aromatic carbocycles. The zero-order valence-electron chi connectivity index (χ0n) is 15.3. The summed E-state index contributed by atoms with van der Waals surface area (Å²) in [6, 6.07) is 8.20. The van der Waals surface area contributed by atoms with E-state index in [1.807, 2.05) is 42.6 Å². The Balaban J connectivity index is 1.96. The number of rotatable bonds is 9. The molecule has 0 spiro atoms. The van der Waals surface area contributed by atoms with Gasteiger partial charge in [0.2, 0.25) is 0 Å². The topological polar surface area (TPSA) is 17.8 Å². The van der Waals surface area contributed by atoms with Crippen molar-refractivity contribution in [1.29, 1.82) is 0 Å². The van der Waals surface area contributed by atoms with Gasteiger partial charge in [-0.1, -0.05) is 47.0 Å². The fourth-order valence-corrected chi connectivity index (χ4v) is 3.88. The summed E-state index contributed by atoms with van der Waals surface area (Å²) in [6.07, 6.45) is 12.7. The van der Waals surface area contributed by atoms with Gasteiger partial charge >= 0.3 is 0 Å². The Hall–Kier alpha value is -1.45. The number of benzene rings is 1. The average Bonchev–Trinajstić information content (AvgIpc) is 3.07. The summed E-state index contributed by atoms with van der Waals surface area (Å²) in [7, 11) is 0. The fourth-order valence-electron chi connectivity index (χ4n) is 2.52. The first-order valence-corrected chi connectivity index (χ1v) is 10.1. The minimum Gasteiger partial charge on any atom is -0.336 e. The first kappa shape index (κ1) is 19.9. The largest absolute Gasteiger partial charge is 0.336 e. The third-order valence-corrected chi connectivity index (χ3v) is 5.43. The molecule has 25 heavy (non-hydrogen) atoms. The maximum atomic E-state index is 6.04. The van der Waals surface area contributed by atoms with Crippen LogP contribution < -0.4 is 0 Å². The smallest absolute Gasteiger partial charge is 0.0946 e. The van der Waals surface area contributed by atoms with Gasteiger partial charge in [-0.3, -0.25) is 0 Å². The Morgan fingerprint density at radius 2 is 1.96 bits per heavy atom. The van der Waals surface area contributed by atoms with Crippen molar-refractivity contribution in [3.05, 3.63) is 76.9 Å². The average molecular weight is 375 g/mol. The van der Waals surface area contributed by atoms with Crippen LogP contribution in [0.15, 0.2) is 66.3 Å². The van der Waals surface area contributed by atoms with Crippen LogP contribution in [0.3, 0.4) is 0 Å². The highest BCUT2D eigenvalue weighted by Crippen LogP contribution is 2.31. The molecule has 2 nitrogen and oxygen atoms in total. The number of thioether (sulfide) groups is 1. The molecule has 2 rings (SSSR count). The van der Waals surface area contributed by atoms with Crippen molar-refractivity contribution in [3.8, 4) is 0 Å².